The highest BCUT2D eigenvalue weighted by Crippen LogP contribution is 2.49. The van der Waals surface area contributed by atoms with Crippen molar-refractivity contribution < 1.29 is 46.9 Å². The molecule has 0 radical (unpaired) electrons. The third-order valence-corrected chi connectivity index (χ3v) is 13.4. The number of ether oxygens (including phenoxy) is 8. The van der Waals surface area contributed by atoms with Gasteiger partial charge in [0.25, 0.3) is 0 Å². The van der Waals surface area contributed by atoms with E-state index in [0.29, 0.717) is 13.6 Å². The predicted octanol–water partition coefficient (Wildman–Crippen LogP) is 8.61. The molecular weight excluding hydrogens is 709 g/mol. The summed E-state index contributed by atoms with van der Waals surface area (Å²) in [6.07, 6.45) is 12.2. The Morgan fingerprint density at radius 3 is 1.16 bits per heavy atom. The highest BCUT2D eigenvalue weighted by atomic mass is 16.7. The van der Waals surface area contributed by atoms with Crippen molar-refractivity contribution in [1.82, 2.24) is 0 Å². The van der Waals surface area contributed by atoms with Crippen LogP contribution in [0.3, 0.4) is 0 Å². The fourth-order valence-corrected chi connectivity index (χ4v) is 10.4. The number of nitrogens with zero attached hydrogens (tertiary/aromatic N) is 2. The van der Waals surface area contributed by atoms with Gasteiger partial charge in [-0.15, -0.1) is 0 Å². The van der Waals surface area contributed by atoms with E-state index in [2.05, 4.69) is 74.8 Å². The van der Waals surface area contributed by atoms with Gasteiger partial charge in [0.15, 0.2) is 46.0 Å². The van der Waals surface area contributed by atoms with Crippen LogP contribution in [0.1, 0.15) is 96.8 Å². The van der Waals surface area contributed by atoms with E-state index in [1.807, 2.05) is 0 Å². The van der Waals surface area contributed by atoms with Crippen LogP contribution in [0, 0.1) is 0 Å². The van der Waals surface area contributed by atoms with E-state index in [1.54, 1.807) is 0 Å². The summed E-state index contributed by atoms with van der Waals surface area (Å²) in [5.74, 6) is 6.81. The van der Waals surface area contributed by atoms with Crippen LogP contribution in [-0.2, 0) is 12.8 Å². The van der Waals surface area contributed by atoms with E-state index in [-0.39, 0.29) is 25.7 Å². The highest BCUT2D eigenvalue weighted by molar-refractivity contribution is 5.55. The minimum atomic E-state index is 0.202. The molecule has 6 aliphatic heterocycles. The van der Waals surface area contributed by atoms with Crippen LogP contribution in [0.15, 0.2) is 60.7 Å². The standard InChI is InChI=1S/C46H54N2O8/c1-47(19-15-31-21-41-43(55-29-53-41)25-35(31)45(47)33-11-13-37-39(23-33)51-27-49-37)17-9-7-5-3-4-6-8-10-18-48(2)20-16-32-22-42-44(56-30-54-42)26-36(32)46(48)34-12-14-38-40(24-34)52-28-50-38/h11-14,21-26,45-46H,3-10,15-20,27-30H2,1-2H3/q+2. The quantitative estimate of drug-likeness (QED) is 0.0991. The maximum Gasteiger partial charge on any atom is 0.231 e. The summed E-state index contributed by atoms with van der Waals surface area (Å²) in [6, 6.07) is 22.3. The van der Waals surface area contributed by atoms with Crippen LogP contribution in [0.4, 0.5) is 0 Å². The molecule has 0 aromatic heterocycles. The van der Waals surface area contributed by atoms with Gasteiger partial charge in [-0.3, -0.25) is 0 Å². The smallest absolute Gasteiger partial charge is 0.231 e. The third-order valence-electron chi connectivity index (χ3n) is 13.4. The van der Waals surface area contributed by atoms with Gasteiger partial charge in [-0.2, -0.15) is 0 Å². The van der Waals surface area contributed by atoms with Gasteiger partial charge in [-0.1, -0.05) is 25.7 Å². The first kappa shape index (κ1) is 35.6. The van der Waals surface area contributed by atoms with Crippen LogP contribution >= 0.6 is 0 Å². The zero-order chi connectivity index (χ0) is 37.7. The molecule has 4 unspecified atom stereocenters. The summed E-state index contributed by atoms with van der Waals surface area (Å²) in [4.78, 5) is 0. The largest absolute Gasteiger partial charge is 0.454 e. The number of quaternary nitrogens is 2. The van der Waals surface area contributed by atoms with Gasteiger partial charge < -0.3 is 46.9 Å². The fourth-order valence-electron chi connectivity index (χ4n) is 10.4. The summed E-state index contributed by atoms with van der Waals surface area (Å²) in [6.45, 7) is 5.62. The molecule has 4 aromatic carbocycles. The Balaban J connectivity index is 0.734. The van der Waals surface area contributed by atoms with Gasteiger partial charge in [0.2, 0.25) is 27.2 Å². The van der Waals surface area contributed by atoms with Crippen LogP contribution in [-0.4, -0.2) is 76.4 Å². The van der Waals surface area contributed by atoms with Crippen molar-refractivity contribution in [2.45, 2.75) is 76.3 Å². The van der Waals surface area contributed by atoms with E-state index in [0.717, 1.165) is 94.0 Å². The number of unbranched alkanes of at least 4 members (excludes halogenated alkanes) is 7. The number of hydrogen-bond donors (Lipinski definition) is 0. The molecular formula is C46H54N2O8+2. The van der Waals surface area contributed by atoms with E-state index in [4.69, 9.17) is 37.9 Å². The molecule has 0 N–H and O–H groups in total. The average Bonchev–Trinajstić information content (AvgIpc) is 4.04. The summed E-state index contributed by atoms with van der Waals surface area (Å²) in [7, 11) is 4.89. The minimum absolute atomic E-state index is 0.202. The number of rotatable bonds is 13. The molecule has 0 amide bonds. The zero-order valence-corrected chi connectivity index (χ0v) is 32.8. The van der Waals surface area contributed by atoms with Crippen molar-refractivity contribution in [2.24, 2.45) is 0 Å². The highest BCUT2D eigenvalue weighted by Gasteiger charge is 2.43. The van der Waals surface area contributed by atoms with Gasteiger partial charge in [0.05, 0.1) is 40.3 Å². The van der Waals surface area contributed by atoms with E-state index in [9.17, 15) is 0 Å². The Morgan fingerprint density at radius 2 is 0.750 bits per heavy atom. The minimum Gasteiger partial charge on any atom is -0.454 e. The van der Waals surface area contributed by atoms with Gasteiger partial charge in [0.1, 0.15) is 12.1 Å². The molecule has 6 heterocycles. The summed E-state index contributed by atoms with van der Waals surface area (Å²) < 4.78 is 48.2. The summed E-state index contributed by atoms with van der Waals surface area (Å²) in [5.41, 5.74) is 7.98. The Morgan fingerprint density at radius 1 is 0.411 bits per heavy atom. The molecule has 10 heteroatoms. The van der Waals surface area contributed by atoms with E-state index >= 15 is 0 Å². The van der Waals surface area contributed by atoms with Crippen LogP contribution < -0.4 is 37.9 Å². The molecule has 6 aliphatic rings. The molecule has 0 fully saturated rings. The Kier molecular flexibility index (Phi) is 9.29. The van der Waals surface area contributed by atoms with Crippen molar-refractivity contribution in [3.8, 4) is 46.0 Å². The lowest BCUT2D eigenvalue weighted by Crippen LogP contribution is -2.52. The second-order valence-corrected chi connectivity index (χ2v) is 17.0. The van der Waals surface area contributed by atoms with Gasteiger partial charge in [-0.25, -0.2) is 0 Å². The normalized spacial score (nSPS) is 24.6. The number of hydrogen-bond acceptors (Lipinski definition) is 8. The zero-order valence-electron chi connectivity index (χ0n) is 32.8. The molecule has 0 bridgehead atoms. The van der Waals surface area contributed by atoms with E-state index in [1.165, 1.54) is 84.7 Å². The lowest BCUT2D eigenvalue weighted by atomic mass is 9.85. The predicted molar refractivity (Wildman–Crippen MR) is 210 cm³/mol. The first-order chi connectivity index (χ1) is 27.4. The summed E-state index contributed by atoms with van der Waals surface area (Å²) >= 11 is 0. The van der Waals surface area contributed by atoms with Crippen LogP contribution in [0.25, 0.3) is 0 Å². The van der Waals surface area contributed by atoms with Crippen molar-refractivity contribution >= 4 is 0 Å². The Hall–Kier alpha value is -4.80. The molecule has 0 saturated heterocycles. The first-order valence-corrected chi connectivity index (χ1v) is 20.8. The first-order valence-electron chi connectivity index (χ1n) is 20.8. The van der Waals surface area contributed by atoms with Crippen molar-refractivity contribution in [3.63, 3.8) is 0 Å². The number of fused-ring (bicyclic) bond motifs is 6. The maximum atomic E-state index is 5.86. The Labute approximate surface area is 329 Å². The summed E-state index contributed by atoms with van der Waals surface area (Å²) in [5, 5.41) is 0. The topological polar surface area (TPSA) is 73.8 Å². The average molecular weight is 763 g/mol. The van der Waals surface area contributed by atoms with E-state index < -0.39 is 0 Å². The molecule has 0 aliphatic carbocycles. The monoisotopic (exact) mass is 762 g/mol. The third kappa shape index (κ3) is 6.54. The second kappa shape index (κ2) is 14.6. The van der Waals surface area contributed by atoms with Gasteiger partial charge in [0, 0.05) is 35.1 Å². The molecule has 4 aromatic rings. The molecule has 10 rings (SSSR count). The number of benzene rings is 4. The van der Waals surface area contributed by atoms with Crippen LogP contribution in [0.5, 0.6) is 46.0 Å². The maximum absolute atomic E-state index is 5.86. The molecule has 4 atom stereocenters. The SMILES string of the molecule is C[N+]1(CCCCCCCCCC[N+]2(C)CCc3cc4c(cc3C2c2ccc3c(c2)OCO3)OCO4)CCc2cc3c(cc2C1c1ccc2c(c1)OCO2)OCO3. The fraction of sp³-hybridized carbons (Fsp3) is 0.478. The molecule has 10 nitrogen and oxygen atoms in total. The molecule has 0 saturated carbocycles. The van der Waals surface area contributed by atoms with Crippen molar-refractivity contribution in [1.29, 1.82) is 0 Å². The van der Waals surface area contributed by atoms with Gasteiger partial charge >= 0.3 is 0 Å². The molecule has 56 heavy (non-hydrogen) atoms. The van der Waals surface area contributed by atoms with Crippen molar-refractivity contribution in [2.75, 3.05) is 67.4 Å². The Bertz CT molecular complexity index is 1970. The lowest BCUT2D eigenvalue weighted by molar-refractivity contribution is -0.935. The van der Waals surface area contributed by atoms with Gasteiger partial charge in [-0.05, 0) is 97.5 Å². The molecule has 0 spiro atoms. The lowest BCUT2D eigenvalue weighted by Gasteiger charge is -2.46. The number of likely N-dealkylation sites (N-methyl/N-ethyl adjacent to an activating group) is 2. The van der Waals surface area contributed by atoms with Crippen molar-refractivity contribution in [3.05, 3.63) is 94.0 Å². The molecule has 294 valence electrons. The second-order valence-electron chi connectivity index (χ2n) is 17.0. The van der Waals surface area contributed by atoms with Crippen LogP contribution in [0.2, 0.25) is 0 Å².